The second-order valence-electron chi connectivity index (χ2n) is 7.52. The summed E-state index contributed by atoms with van der Waals surface area (Å²) in [6, 6.07) is 0. The maximum atomic E-state index is 6.30. The van der Waals surface area contributed by atoms with Crippen LogP contribution >= 0.6 is 0 Å². The van der Waals surface area contributed by atoms with E-state index in [0.717, 1.165) is 19.1 Å². The van der Waals surface area contributed by atoms with E-state index < -0.39 is 0 Å². The van der Waals surface area contributed by atoms with Crippen molar-refractivity contribution in [1.29, 1.82) is 0 Å². The fourth-order valence-electron chi connectivity index (χ4n) is 4.71. The molecular weight excluding hydrogens is 222 g/mol. The average molecular weight is 251 g/mol. The van der Waals surface area contributed by atoms with Gasteiger partial charge in [0.15, 0.2) is 0 Å². The number of ether oxygens (including phenoxy) is 1. The van der Waals surface area contributed by atoms with E-state index in [9.17, 15) is 0 Å². The van der Waals surface area contributed by atoms with Crippen LogP contribution in [0.3, 0.4) is 0 Å². The van der Waals surface area contributed by atoms with Gasteiger partial charge >= 0.3 is 0 Å². The highest BCUT2D eigenvalue weighted by molar-refractivity contribution is 5.11. The highest BCUT2D eigenvalue weighted by Gasteiger charge is 2.61. The number of rotatable bonds is 4. The van der Waals surface area contributed by atoms with Crippen LogP contribution in [0.5, 0.6) is 0 Å². The molecular formula is C16H29NO. The molecule has 3 fully saturated rings. The van der Waals surface area contributed by atoms with Crippen LogP contribution in [0.1, 0.15) is 52.9 Å². The number of hydrogen-bond donors (Lipinski definition) is 0. The molecule has 1 heterocycles. The quantitative estimate of drug-likeness (QED) is 0.760. The predicted molar refractivity (Wildman–Crippen MR) is 74.6 cm³/mol. The molecule has 18 heavy (non-hydrogen) atoms. The van der Waals surface area contributed by atoms with Crippen LogP contribution in [-0.4, -0.2) is 37.2 Å². The first-order chi connectivity index (χ1) is 8.54. The summed E-state index contributed by atoms with van der Waals surface area (Å²) in [5.74, 6) is 0.902. The van der Waals surface area contributed by atoms with E-state index in [2.05, 4.69) is 25.7 Å². The van der Waals surface area contributed by atoms with Gasteiger partial charge in [-0.15, -0.1) is 0 Å². The van der Waals surface area contributed by atoms with Crippen molar-refractivity contribution in [2.75, 3.05) is 26.2 Å². The SMILES string of the molecule is CC1(C)[C@H]2CC[C@]1(C)[C@H](OCCN1CCCC1)C2. The second-order valence-corrected chi connectivity index (χ2v) is 7.52. The lowest BCUT2D eigenvalue weighted by Gasteiger charge is -2.39. The van der Waals surface area contributed by atoms with Crippen molar-refractivity contribution >= 4 is 0 Å². The molecule has 0 amide bonds. The Morgan fingerprint density at radius 2 is 1.89 bits per heavy atom. The summed E-state index contributed by atoms with van der Waals surface area (Å²) in [6.45, 7) is 12.1. The largest absolute Gasteiger partial charge is 0.376 e. The van der Waals surface area contributed by atoms with Gasteiger partial charge in [-0.2, -0.15) is 0 Å². The number of nitrogens with zero attached hydrogens (tertiary/aromatic N) is 1. The molecule has 0 radical (unpaired) electrons. The minimum Gasteiger partial charge on any atom is -0.376 e. The van der Waals surface area contributed by atoms with Crippen molar-refractivity contribution in [2.24, 2.45) is 16.7 Å². The van der Waals surface area contributed by atoms with Gasteiger partial charge in [-0.3, -0.25) is 0 Å². The summed E-state index contributed by atoms with van der Waals surface area (Å²) >= 11 is 0. The molecule has 0 N–H and O–H groups in total. The van der Waals surface area contributed by atoms with E-state index in [1.54, 1.807) is 0 Å². The molecule has 0 unspecified atom stereocenters. The summed E-state index contributed by atoms with van der Waals surface area (Å²) in [5, 5.41) is 0. The third kappa shape index (κ3) is 1.84. The van der Waals surface area contributed by atoms with Crippen LogP contribution in [0.25, 0.3) is 0 Å². The molecule has 3 aliphatic rings. The Bertz CT molecular complexity index is 308. The summed E-state index contributed by atoms with van der Waals surface area (Å²) in [5.41, 5.74) is 0.925. The third-order valence-electron chi connectivity index (χ3n) is 6.64. The van der Waals surface area contributed by atoms with Gasteiger partial charge in [-0.05, 0) is 61.9 Å². The van der Waals surface area contributed by atoms with Crippen LogP contribution in [0.15, 0.2) is 0 Å². The molecule has 0 aromatic carbocycles. The van der Waals surface area contributed by atoms with Gasteiger partial charge < -0.3 is 9.64 Å². The Kier molecular flexibility index (Phi) is 3.22. The van der Waals surface area contributed by atoms with Crippen LogP contribution in [0.4, 0.5) is 0 Å². The van der Waals surface area contributed by atoms with Crippen LogP contribution in [-0.2, 0) is 4.74 Å². The van der Waals surface area contributed by atoms with Gasteiger partial charge in [-0.25, -0.2) is 0 Å². The molecule has 104 valence electrons. The van der Waals surface area contributed by atoms with E-state index in [1.165, 1.54) is 45.2 Å². The van der Waals surface area contributed by atoms with Gasteiger partial charge in [0.2, 0.25) is 0 Å². The lowest BCUT2D eigenvalue weighted by molar-refractivity contribution is -0.0507. The zero-order valence-corrected chi connectivity index (χ0v) is 12.4. The first kappa shape index (κ1) is 12.9. The van der Waals surface area contributed by atoms with Crippen molar-refractivity contribution < 1.29 is 4.74 Å². The maximum Gasteiger partial charge on any atom is 0.0637 e. The molecule has 3 rings (SSSR count). The molecule has 1 saturated heterocycles. The van der Waals surface area contributed by atoms with Gasteiger partial charge in [-0.1, -0.05) is 20.8 Å². The van der Waals surface area contributed by atoms with Crippen molar-refractivity contribution in [2.45, 2.75) is 59.0 Å². The first-order valence-electron chi connectivity index (χ1n) is 7.88. The zero-order chi connectivity index (χ0) is 12.8. The standard InChI is InChI=1S/C16H29NO/c1-15(2)13-6-7-16(15,3)14(12-13)18-11-10-17-8-4-5-9-17/h13-14H,4-12H2,1-3H3/t13-,14+,16+/m0/s1. The smallest absolute Gasteiger partial charge is 0.0637 e. The summed E-state index contributed by atoms with van der Waals surface area (Å²) in [7, 11) is 0. The lowest BCUT2D eigenvalue weighted by Crippen LogP contribution is -2.38. The zero-order valence-electron chi connectivity index (χ0n) is 12.4. The normalized spacial score (nSPS) is 42.8. The fraction of sp³-hybridized carbons (Fsp3) is 1.00. The molecule has 2 nitrogen and oxygen atoms in total. The van der Waals surface area contributed by atoms with Crippen molar-refractivity contribution in [1.82, 2.24) is 4.90 Å². The minimum atomic E-state index is 0.433. The molecule has 2 heteroatoms. The summed E-state index contributed by atoms with van der Waals surface area (Å²) in [6.07, 6.45) is 7.40. The first-order valence-corrected chi connectivity index (χ1v) is 7.88. The number of hydrogen-bond acceptors (Lipinski definition) is 2. The molecule has 2 bridgehead atoms. The third-order valence-corrected chi connectivity index (χ3v) is 6.64. The summed E-state index contributed by atoms with van der Waals surface area (Å²) < 4.78 is 6.30. The van der Waals surface area contributed by atoms with Crippen molar-refractivity contribution in [3.8, 4) is 0 Å². The Hall–Kier alpha value is -0.0800. The molecule has 1 aliphatic heterocycles. The fourth-order valence-corrected chi connectivity index (χ4v) is 4.71. The van der Waals surface area contributed by atoms with E-state index in [0.29, 0.717) is 16.9 Å². The average Bonchev–Trinajstić information content (AvgIpc) is 2.95. The van der Waals surface area contributed by atoms with Crippen molar-refractivity contribution in [3.05, 3.63) is 0 Å². The second kappa shape index (κ2) is 4.49. The lowest BCUT2D eigenvalue weighted by atomic mass is 9.70. The van der Waals surface area contributed by atoms with Crippen LogP contribution < -0.4 is 0 Å². The van der Waals surface area contributed by atoms with Crippen molar-refractivity contribution in [3.63, 3.8) is 0 Å². The predicted octanol–water partition coefficient (Wildman–Crippen LogP) is 3.31. The van der Waals surface area contributed by atoms with Gasteiger partial charge in [0.05, 0.1) is 12.7 Å². The van der Waals surface area contributed by atoms with Gasteiger partial charge in [0.1, 0.15) is 0 Å². The topological polar surface area (TPSA) is 12.5 Å². The van der Waals surface area contributed by atoms with E-state index in [-0.39, 0.29) is 0 Å². The Morgan fingerprint density at radius 1 is 1.17 bits per heavy atom. The van der Waals surface area contributed by atoms with E-state index in [4.69, 9.17) is 4.74 Å². The highest BCUT2D eigenvalue weighted by atomic mass is 16.5. The molecule has 0 aromatic rings. The van der Waals surface area contributed by atoms with Gasteiger partial charge in [0, 0.05) is 6.54 Å². The minimum absolute atomic E-state index is 0.433. The summed E-state index contributed by atoms with van der Waals surface area (Å²) in [4.78, 5) is 2.56. The molecule has 0 spiro atoms. The number of likely N-dealkylation sites (tertiary alicyclic amines) is 1. The molecule has 0 aromatic heterocycles. The monoisotopic (exact) mass is 251 g/mol. The van der Waals surface area contributed by atoms with E-state index in [1.807, 2.05) is 0 Å². The highest BCUT2D eigenvalue weighted by Crippen LogP contribution is 2.66. The Balaban J connectivity index is 1.52. The molecule has 2 aliphatic carbocycles. The Labute approximate surface area is 112 Å². The molecule has 3 atom stereocenters. The van der Waals surface area contributed by atoms with Crippen LogP contribution in [0, 0.1) is 16.7 Å². The van der Waals surface area contributed by atoms with Crippen LogP contribution in [0.2, 0.25) is 0 Å². The maximum absolute atomic E-state index is 6.30. The van der Waals surface area contributed by atoms with E-state index >= 15 is 0 Å². The number of fused-ring (bicyclic) bond motifs is 2. The Morgan fingerprint density at radius 3 is 2.44 bits per heavy atom. The molecule has 2 saturated carbocycles. The van der Waals surface area contributed by atoms with Gasteiger partial charge in [0.25, 0.3) is 0 Å².